The van der Waals surface area contributed by atoms with Crippen LogP contribution in [0.25, 0.3) is 16.7 Å². The van der Waals surface area contributed by atoms with Gasteiger partial charge >= 0.3 is 0 Å². The van der Waals surface area contributed by atoms with Gasteiger partial charge in [0.2, 0.25) is 5.95 Å². The Hall–Kier alpha value is -2.27. The number of imidazole rings is 1. The summed E-state index contributed by atoms with van der Waals surface area (Å²) in [5.74, 6) is -0.109. The molecule has 108 valence electrons. The maximum atomic E-state index is 13.8. The smallest absolute Gasteiger partial charge is 0.205 e. The number of nitrogens with zero attached hydrogens (tertiary/aromatic N) is 2. The van der Waals surface area contributed by atoms with Gasteiger partial charge in [-0.15, -0.1) is 0 Å². The van der Waals surface area contributed by atoms with Gasteiger partial charge in [-0.1, -0.05) is 17.7 Å². The first-order valence-corrected chi connectivity index (χ1v) is 6.67. The summed E-state index contributed by atoms with van der Waals surface area (Å²) < 4.78 is 20.5. The fourth-order valence-corrected chi connectivity index (χ4v) is 2.50. The van der Waals surface area contributed by atoms with Crippen LogP contribution in [0, 0.1) is 12.7 Å². The quantitative estimate of drug-likeness (QED) is 0.785. The first-order valence-electron chi connectivity index (χ1n) is 6.29. The molecule has 0 aliphatic rings. The number of halogens is 2. The highest BCUT2D eigenvalue weighted by Crippen LogP contribution is 2.32. The van der Waals surface area contributed by atoms with E-state index in [1.165, 1.54) is 13.2 Å². The minimum Gasteiger partial charge on any atom is -0.494 e. The van der Waals surface area contributed by atoms with Gasteiger partial charge in [-0.05, 0) is 24.6 Å². The van der Waals surface area contributed by atoms with Crippen LogP contribution >= 0.6 is 11.6 Å². The van der Waals surface area contributed by atoms with Crippen LogP contribution in [0.4, 0.5) is 10.3 Å². The molecular formula is C15H13ClFN3O. The van der Waals surface area contributed by atoms with Crippen LogP contribution in [0.2, 0.25) is 5.02 Å². The Bertz CT molecular complexity index is 845. The molecule has 2 N–H and O–H groups in total. The van der Waals surface area contributed by atoms with Crippen molar-refractivity contribution in [1.82, 2.24) is 9.55 Å². The van der Waals surface area contributed by atoms with Gasteiger partial charge in [0.25, 0.3) is 0 Å². The number of nitrogens with two attached hydrogens (primary N) is 1. The van der Waals surface area contributed by atoms with Crippen LogP contribution in [-0.4, -0.2) is 16.7 Å². The van der Waals surface area contributed by atoms with Crippen LogP contribution in [0.15, 0.2) is 30.3 Å². The van der Waals surface area contributed by atoms with Crippen LogP contribution < -0.4 is 10.5 Å². The van der Waals surface area contributed by atoms with Crippen LogP contribution in [0.1, 0.15) is 5.56 Å². The summed E-state index contributed by atoms with van der Waals surface area (Å²) in [6, 6.07) is 8.45. The predicted molar refractivity (Wildman–Crippen MR) is 81.7 cm³/mol. The van der Waals surface area contributed by atoms with E-state index in [1.807, 2.05) is 19.1 Å². The molecule has 0 spiro atoms. The number of ether oxygens (including phenoxy) is 1. The molecule has 1 heterocycles. The Morgan fingerprint density at radius 3 is 2.76 bits per heavy atom. The number of hydrogen-bond acceptors (Lipinski definition) is 3. The van der Waals surface area contributed by atoms with E-state index in [2.05, 4.69) is 4.98 Å². The molecule has 21 heavy (non-hydrogen) atoms. The Morgan fingerprint density at radius 2 is 2.05 bits per heavy atom. The van der Waals surface area contributed by atoms with Crippen molar-refractivity contribution in [2.24, 2.45) is 0 Å². The molecule has 0 unspecified atom stereocenters. The summed E-state index contributed by atoms with van der Waals surface area (Å²) in [6.45, 7) is 1.95. The SMILES string of the molecule is COc1cc2c(cc1F)nc(N)n2-c1cc(C)ccc1Cl. The third-order valence-electron chi connectivity index (χ3n) is 3.30. The average Bonchev–Trinajstić information content (AvgIpc) is 2.75. The van der Waals surface area contributed by atoms with E-state index < -0.39 is 5.82 Å². The molecule has 3 rings (SSSR count). The van der Waals surface area contributed by atoms with E-state index in [4.69, 9.17) is 22.1 Å². The second-order valence-electron chi connectivity index (χ2n) is 4.74. The third-order valence-corrected chi connectivity index (χ3v) is 3.62. The molecule has 4 nitrogen and oxygen atoms in total. The van der Waals surface area contributed by atoms with Crippen LogP contribution in [-0.2, 0) is 0 Å². The minimum absolute atomic E-state index is 0.132. The van der Waals surface area contributed by atoms with Crippen molar-refractivity contribution >= 4 is 28.6 Å². The summed E-state index contributed by atoms with van der Waals surface area (Å²) in [4.78, 5) is 4.18. The van der Waals surface area contributed by atoms with Gasteiger partial charge in [0.15, 0.2) is 11.6 Å². The highest BCUT2D eigenvalue weighted by atomic mass is 35.5. The van der Waals surface area contributed by atoms with E-state index in [0.29, 0.717) is 21.7 Å². The standard InChI is InChI=1S/C15H13ClFN3O/c1-8-3-4-9(16)12(5-8)20-13-7-14(21-2)10(17)6-11(13)19-15(20)18/h3-7H,1-2H3,(H2,18,19). The van der Waals surface area contributed by atoms with Crippen molar-refractivity contribution in [1.29, 1.82) is 0 Å². The van der Waals surface area contributed by atoms with Crippen molar-refractivity contribution < 1.29 is 9.13 Å². The van der Waals surface area contributed by atoms with Gasteiger partial charge in [-0.25, -0.2) is 9.37 Å². The summed E-state index contributed by atoms with van der Waals surface area (Å²) >= 11 is 6.26. The Balaban J connectivity index is 2.36. The highest BCUT2D eigenvalue weighted by molar-refractivity contribution is 6.32. The van der Waals surface area contributed by atoms with Crippen LogP contribution in [0.3, 0.4) is 0 Å². The molecule has 3 aromatic rings. The molecule has 0 aliphatic heterocycles. The van der Waals surface area contributed by atoms with E-state index >= 15 is 0 Å². The maximum Gasteiger partial charge on any atom is 0.205 e. The van der Waals surface area contributed by atoms with Gasteiger partial charge in [-0.2, -0.15) is 0 Å². The molecule has 0 atom stereocenters. The monoisotopic (exact) mass is 305 g/mol. The molecule has 0 saturated heterocycles. The molecule has 2 aromatic carbocycles. The molecule has 0 saturated carbocycles. The van der Waals surface area contributed by atoms with Gasteiger partial charge in [0, 0.05) is 12.1 Å². The number of benzene rings is 2. The number of aryl methyl sites for hydroxylation is 1. The lowest BCUT2D eigenvalue weighted by molar-refractivity contribution is 0.387. The zero-order valence-electron chi connectivity index (χ0n) is 11.5. The van der Waals surface area contributed by atoms with Crippen molar-refractivity contribution in [2.75, 3.05) is 12.8 Å². The average molecular weight is 306 g/mol. The van der Waals surface area contributed by atoms with E-state index in [-0.39, 0.29) is 11.7 Å². The van der Waals surface area contributed by atoms with Crippen molar-refractivity contribution in [3.05, 3.63) is 46.7 Å². The minimum atomic E-state index is -0.481. The lowest BCUT2D eigenvalue weighted by Gasteiger charge is -2.10. The topological polar surface area (TPSA) is 53.1 Å². The van der Waals surface area contributed by atoms with E-state index in [1.54, 1.807) is 16.7 Å². The molecule has 0 fully saturated rings. The molecule has 0 radical (unpaired) electrons. The second kappa shape index (κ2) is 4.93. The fraction of sp³-hybridized carbons (Fsp3) is 0.133. The molecule has 0 bridgehead atoms. The lowest BCUT2D eigenvalue weighted by atomic mass is 10.2. The molecule has 0 amide bonds. The molecular weight excluding hydrogens is 293 g/mol. The van der Waals surface area contributed by atoms with Gasteiger partial charge in [0.1, 0.15) is 0 Å². The van der Waals surface area contributed by atoms with E-state index in [9.17, 15) is 4.39 Å². The first-order chi connectivity index (χ1) is 10.0. The van der Waals surface area contributed by atoms with E-state index in [0.717, 1.165) is 5.56 Å². The number of aromatic nitrogens is 2. The number of rotatable bonds is 2. The number of fused-ring (bicyclic) bond motifs is 1. The summed E-state index contributed by atoms with van der Waals surface area (Å²) in [5.41, 5.74) is 8.79. The number of anilines is 1. The highest BCUT2D eigenvalue weighted by Gasteiger charge is 2.16. The normalized spacial score (nSPS) is 11.0. The van der Waals surface area contributed by atoms with Crippen molar-refractivity contribution in [3.8, 4) is 11.4 Å². The molecule has 6 heteroatoms. The maximum absolute atomic E-state index is 13.8. The Morgan fingerprint density at radius 1 is 1.29 bits per heavy atom. The lowest BCUT2D eigenvalue weighted by Crippen LogP contribution is -2.02. The number of methoxy groups -OCH3 is 1. The van der Waals surface area contributed by atoms with Gasteiger partial charge in [0.05, 0.1) is 28.9 Å². The van der Waals surface area contributed by atoms with Gasteiger partial charge < -0.3 is 10.5 Å². The first kappa shape index (κ1) is 13.7. The predicted octanol–water partition coefficient (Wildman–Crippen LogP) is 3.72. The van der Waals surface area contributed by atoms with Gasteiger partial charge in [-0.3, -0.25) is 4.57 Å². The Kier molecular flexibility index (Phi) is 3.22. The summed E-state index contributed by atoms with van der Waals surface area (Å²) in [5, 5.41) is 0.537. The third kappa shape index (κ3) is 2.19. The fourth-order valence-electron chi connectivity index (χ4n) is 2.30. The van der Waals surface area contributed by atoms with Crippen LogP contribution in [0.5, 0.6) is 5.75 Å². The largest absolute Gasteiger partial charge is 0.494 e. The summed E-state index contributed by atoms with van der Waals surface area (Å²) in [6.07, 6.45) is 0. The second-order valence-corrected chi connectivity index (χ2v) is 5.14. The molecule has 1 aromatic heterocycles. The number of hydrogen-bond donors (Lipinski definition) is 1. The zero-order chi connectivity index (χ0) is 15.1. The zero-order valence-corrected chi connectivity index (χ0v) is 12.3. The number of nitrogen functional groups attached to an aromatic ring is 1. The molecule has 0 aliphatic carbocycles. The Labute approximate surface area is 125 Å². The van der Waals surface area contributed by atoms with Crippen molar-refractivity contribution in [3.63, 3.8) is 0 Å². The summed E-state index contributed by atoms with van der Waals surface area (Å²) in [7, 11) is 1.41. The van der Waals surface area contributed by atoms with Crippen molar-refractivity contribution in [2.45, 2.75) is 6.92 Å².